The predicted molar refractivity (Wildman–Crippen MR) is 76.1 cm³/mol. The number of hydrogen-bond acceptors (Lipinski definition) is 6. The molecular formula is C14H20N4O3. The van der Waals surface area contributed by atoms with Gasteiger partial charge in [-0.1, -0.05) is 0 Å². The number of amides is 1. The molecule has 1 amide bonds. The van der Waals surface area contributed by atoms with Gasteiger partial charge in [-0.2, -0.15) is 0 Å². The number of carbonyl (C=O) groups excluding carboxylic acids is 1. The number of aromatic nitrogens is 2. The van der Waals surface area contributed by atoms with Gasteiger partial charge in [-0.05, 0) is 25.0 Å². The molecule has 1 N–H and O–H groups in total. The quantitative estimate of drug-likeness (QED) is 0.870. The lowest BCUT2D eigenvalue weighted by Gasteiger charge is -2.34. The summed E-state index contributed by atoms with van der Waals surface area (Å²) in [6.45, 7) is 3.22. The van der Waals surface area contributed by atoms with Crippen LogP contribution in [0.5, 0.6) is 0 Å². The highest BCUT2D eigenvalue weighted by atomic mass is 16.7. The molecule has 0 unspecified atom stereocenters. The van der Waals surface area contributed by atoms with E-state index in [0.29, 0.717) is 24.8 Å². The summed E-state index contributed by atoms with van der Waals surface area (Å²) in [5, 5.41) is 10.6. The van der Waals surface area contributed by atoms with Crippen LogP contribution in [0.2, 0.25) is 0 Å². The van der Waals surface area contributed by atoms with Crippen molar-refractivity contribution in [3.05, 3.63) is 17.8 Å². The summed E-state index contributed by atoms with van der Waals surface area (Å²) in [6, 6.07) is 3.55. The fourth-order valence-corrected chi connectivity index (χ4v) is 2.79. The molecule has 1 aromatic heterocycles. The molecule has 2 saturated heterocycles. The average Bonchev–Trinajstić information content (AvgIpc) is 3.09. The Morgan fingerprint density at radius 1 is 1.24 bits per heavy atom. The summed E-state index contributed by atoms with van der Waals surface area (Å²) < 4.78 is 11.1. The normalized spacial score (nSPS) is 20.7. The maximum atomic E-state index is 11.4. The van der Waals surface area contributed by atoms with E-state index in [4.69, 9.17) is 9.47 Å². The van der Waals surface area contributed by atoms with Crippen molar-refractivity contribution in [1.82, 2.24) is 15.5 Å². The van der Waals surface area contributed by atoms with Gasteiger partial charge in [-0.15, -0.1) is 10.2 Å². The third-order valence-electron chi connectivity index (χ3n) is 4.01. The summed E-state index contributed by atoms with van der Waals surface area (Å²) in [5.41, 5.74) is 0.337. The topological polar surface area (TPSA) is 76.6 Å². The van der Waals surface area contributed by atoms with Crippen molar-refractivity contribution in [1.29, 1.82) is 0 Å². The highest BCUT2D eigenvalue weighted by Gasteiger charge is 2.30. The molecule has 0 saturated carbocycles. The van der Waals surface area contributed by atoms with Crippen LogP contribution < -0.4 is 10.2 Å². The SMILES string of the molecule is CNC(=O)c1ccc(N2CCC(C3OCCO3)CC2)nn1. The first-order chi connectivity index (χ1) is 10.3. The van der Waals surface area contributed by atoms with E-state index in [0.717, 1.165) is 31.7 Å². The molecule has 0 spiro atoms. The number of ether oxygens (including phenoxy) is 2. The number of rotatable bonds is 3. The van der Waals surface area contributed by atoms with E-state index in [9.17, 15) is 4.79 Å². The first-order valence-corrected chi connectivity index (χ1v) is 7.32. The van der Waals surface area contributed by atoms with Gasteiger partial charge in [0.1, 0.15) is 0 Å². The van der Waals surface area contributed by atoms with Crippen LogP contribution in [-0.4, -0.2) is 55.7 Å². The molecule has 0 radical (unpaired) electrons. The van der Waals surface area contributed by atoms with Crippen LogP contribution in [0.15, 0.2) is 12.1 Å². The minimum atomic E-state index is -0.219. The minimum absolute atomic E-state index is 0.0335. The van der Waals surface area contributed by atoms with Crippen molar-refractivity contribution in [2.45, 2.75) is 19.1 Å². The first kappa shape index (κ1) is 14.2. The van der Waals surface area contributed by atoms with Crippen LogP contribution >= 0.6 is 0 Å². The van der Waals surface area contributed by atoms with Gasteiger partial charge >= 0.3 is 0 Å². The Kier molecular flexibility index (Phi) is 4.31. The Hall–Kier alpha value is -1.73. The summed E-state index contributed by atoms with van der Waals surface area (Å²) in [6.07, 6.45) is 2.00. The zero-order chi connectivity index (χ0) is 14.7. The molecule has 3 rings (SSSR count). The van der Waals surface area contributed by atoms with E-state index in [1.165, 1.54) is 0 Å². The average molecular weight is 292 g/mol. The maximum absolute atomic E-state index is 11.4. The number of nitrogens with zero attached hydrogens (tertiary/aromatic N) is 3. The molecular weight excluding hydrogens is 272 g/mol. The Morgan fingerprint density at radius 2 is 1.95 bits per heavy atom. The lowest BCUT2D eigenvalue weighted by molar-refractivity contribution is -0.0889. The Morgan fingerprint density at radius 3 is 2.52 bits per heavy atom. The van der Waals surface area contributed by atoms with Crippen LogP contribution in [0.3, 0.4) is 0 Å². The standard InChI is InChI=1S/C14H20N4O3/c1-15-13(19)11-2-3-12(17-16-11)18-6-4-10(5-7-18)14-20-8-9-21-14/h2-3,10,14H,4-9H2,1H3,(H,15,19). The molecule has 2 aliphatic heterocycles. The van der Waals surface area contributed by atoms with Crippen molar-refractivity contribution in [2.75, 3.05) is 38.3 Å². The fourth-order valence-electron chi connectivity index (χ4n) is 2.79. The molecule has 7 nitrogen and oxygen atoms in total. The zero-order valence-corrected chi connectivity index (χ0v) is 12.1. The molecule has 0 bridgehead atoms. The van der Waals surface area contributed by atoms with Gasteiger partial charge in [-0.3, -0.25) is 4.79 Å². The van der Waals surface area contributed by atoms with Crippen molar-refractivity contribution in [2.24, 2.45) is 5.92 Å². The molecule has 2 fully saturated rings. The molecule has 7 heteroatoms. The fraction of sp³-hybridized carbons (Fsp3) is 0.643. The molecule has 114 valence electrons. The largest absolute Gasteiger partial charge is 0.355 e. The van der Waals surface area contributed by atoms with E-state index in [1.807, 2.05) is 6.07 Å². The number of hydrogen-bond donors (Lipinski definition) is 1. The second-order valence-electron chi connectivity index (χ2n) is 5.29. The molecule has 21 heavy (non-hydrogen) atoms. The van der Waals surface area contributed by atoms with Gasteiger partial charge < -0.3 is 19.7 Å². The Labute approximate surface area is 123 Å². The van der Waals surface area contributed by atoms with Gasteiger partial charge in [0, 0.05) is 26.1 Å². The van der Waals surface area contributed by atoms with E-state index < -0.39 is 0 Å². The summed E-state index contributed by atoms with van der Waals surface area (Å²) in [5.74, 6) is 1.06. The van der Waals surface area contributed by atoms with Crippen LogP contribution in [0.25, 0.3) is 0 Å². The number of carbonyl (C=O) groups is 1. The lowest BCUT2D eigenvalue weighted by atomic mass is 9.96. The number of anilines is 1. The molecule has 0 aliphatic carbocycles. The van der Waals surface area contributed by atoms with Crippen LogP contribution in [-0.2, 0) is 9.47 Å². The van der Waals surface area contributed by atoms with E-state index in [-0.39, 0.29) is 12.2 Å². The van der Waals surface area contributed by atoms with E-state index >= 15 is 0 Å². The van der Waals surface area contributed by atoms with Crippen LogP contribution in [0.1, 0.15) is 23.3 Å². The number of nitrogens with one attached hydrogen (secondary N) is 1. The van der Waals surface area contributed by atoms with Crippen LogP contribution in [0, 0.1) is 5.92 Å². The third-order valence-corrected chi connectivity index (χ3v) is 4.01. The van der Waals surface area contributed by atoms with Crippen molar-refractivity contribution in [3.8, 4) is 0 Å². The molecule has 1 aromatic rings. The highest BCUT2D eigenvalue weighted by Crippen LogP contribution is 2.27. The highest BCUT2D eigenvalue weighted by molar-refractivity contribution is 5.91. The molecule has 0 atom stereocenters. The second-order valence-corrected chi connectivity index (χ2v) is 5.29. The number of piperidine rings is 1. The summed E-state index contributed by atoms with van der Waals surface area (Å²) in [4.78, 5) is 13.6. The van der Waals surface area contributed by atoms with Gasteiger partial charge in [0.25, 0.3) is 5.91 Å². The van der Waals surface area contributed by atoms with Crippen molar-refractivity contribution < 1.29 is 14.3 Å². The summed E-state index contributed by atoms with van der Waals surface area (Å²) in [7, 11) is 1.58. The van der Waals surface area contributed by atoms with Gasteiger partial charge in [0.2, 0.25) is 0 Å². The monoisotopic (exact) mass is 292 g/mol. The van der Waals surface area contributed by atoms with Crippen molar-refractivity contribution in [3.63, 3.8) is 0 Å². The Balaban J connectivity index is 1.57. The third kappa shape index (κ3) is 3.14. The van der Waals surface area contributed by atoms with E-state index in [1.54, 1.807) is 13.1 Å². The smallest absolute Gasteiger partial charge is 0.271 e. The van der Waals surface area contributed by atoms with Gasteiger partial charge in [-0.25, -0.2) is 0 Å². The predicted octanol–water partition coefficient (Wildman–Crippen LogP) is 0.425. The first-order valence-electron chi connectivity index (χ1n) is 7.32. The zero-order valence-electron chi connectivity index (χ0n) is 12.1. The van der Waals surface area contributed by atoms with Crippen molar-refractivity contribution >= 4 is 11.7 Å². The summed E-state index contributed by atoms with van der Waals surface area (Å²) >= 11 is 0. The molecule has 2 aliphatic rings. The second kappa shape index (κ2) is 6.36. The van der Waals surface area contributed by atoms with Gasteiger partial charge in [0.05, 0.1) is 13.2 Å². The molecule has 3 heterocycles. The minimum Gasteiger partial charge on any atom is -0.355 e. The van der Waals surface area contributed by atoms with E-state index in [2.05, 4.69) is 20.4 Å². The maximum Gasteiger partial charge on any atom is 0.271 e. The molecule has 0 aromatic carbocycles. The van der Waals surface area contributed by atoms with Gasteiger partial charge in [0.15, 0.2) is 17.8 Å². The lowest BCUT2D eigenvalue weighted by Crippen LogP contribution is -2.38. The Bertz CT molecular complexity index is 479. The van der Waals surface area contributed by atoms with Crippen LogP contribution in [0.4, 0.5) is 5.82 Å².